The number of unbranched alkanes of at least 4 members (excludes halogenated alkanes) is 1. The summed E-state index contributed by atoms with van der Waals surface area (Å²) in [6.07, 6.45) is 5.01. The van der Waals surface area contributed by atoms with Gasteiger partial charge in [0.2, 0.25) is 11.8 Å². The van der Waals surface area contributed by atoms with Gasteiger partial charge in [0.1, 0.15) is 6.04 Å². The van der Waals surface area contributed by atoms with E-state index in [2.05, 4.69) is 5.32 Å². The molecule has 0 aromatic heterocycles. The van der Waals surface area contributed by atoms with Crippen molar-refractivity contribution in [3.8, 4) is 0 Å². The van der Waals surface area contributed by atoms with Crippen LogP contribution in [0.1, 0.15) is 32.6 Å². The van der Waals surface area contributed by atoms with Crippen LogP contribution in [0.15, 0.2) is 0 Å². The quantitative estimate of drug-likeness (QED) is 0.582. The topological polar surface area (TPSA) is 98.2 Å². The highest BCUT2D eigenvalue weighted by Crippen LogP contribution is 2.02. The van der Waals surface area contributed by atoms with Crippen molar-refractivity contribution < 1.29 is 9.59 Å². The predicted molar refractivity (Wildman–Crippen MR) is 78.9 cm³/mol. The van der Waals surface area contributed by atoms with Gasteiger partial charge in [0, 0.05) is 0 Å². The van der Waals surface area contributed by atoms with Gasteiger partial charge >= 0.3 is 0 Å². The summed E-state index contributed by atoms with van der Waals surface area (Å²) in [6, 6.07) is -1.16. The van der Waals surface area contributed by atoms with Crippen molar-refractivity contribution in [2.75, 3.05) is 12.0 Å². The van der Waals surface area contributed by atoms with E-state index >= 15 is 0 Å². The molecule has 0 saturated carbocycles. The number of thioether (sulfide) groups is 1. The van der Waals surface area contributed by atoms with Crippen LogP contribution in [-0.2, 0) is 9.59 Å². The van der Waals surface area contributed by atoms with Crippen LogP contribution >= 0.6 is 24.2 Å². The Balaban J connectivity index is 0. The van der Waals surface area contributed by atoms with Crippen LogP contribution in [0, 0.1) is 0 Å². The molecule has 0 radical (unpaired) electrons. The zero-order valence-electron chi connectivity index (χ0n) is 11.0. The molecule has 0 bridgehead atoms. The average Bonchev–Trinajstić information content (AvgIpc) is 2.30. The summed E-state index contributed by atoms with van der Waals surface area (Å²) >= 11 is 1.61. The molecule has 2 amide bonds. The summed E-state index contributed by atoms with van der Waals surface area (Å²) in [7, 11) is 0. The normalized spacial score (nSPS) is 13.3. The Kier molecular flexibility index (Phi) is 12.8. The predicted octanol–water partition coefficient (Wildman–Crippen LogP) is 0.649. The van der Waals surface area contributed by atoms with Crippen LogP contribution in [0.25, 0.3) is 0 Å². The van der Waals surface area contributed by atoms with Crippen molar-refractivity contribution in [2.45, 2.75) is 44.7 Å². The Morgan fingerprint density at radius 2 is 1.94 bits per heavy atom. The first-order chi connectivity index (χ1) is 8.02. The molecule has 108 valence electrons. The maximum absolute atomic E-state index is 11.7. The first-order valence-electron chi connectivity index (χ1n) is 5.87. The lowest BCUT2D eigenvalue weighted by atomic mass is 10.1. The smallest absolute Gasteiger partial charge is 0.240 e. The summed E-state index contributed by atoms with van der Waals surface area (Å²) in [5, 5.41) is 2.61. The van der Waals surface area contributed by atoms with E-state index in [0.29, 0.717) is 12.8 Å². The van der Waals surface area contributed by atoms with E-state index < -0.39 is 18.0 Å². The Labute approximate surface area is 119 Å². The number of hydrogen-bond acceptors (Lipinski definition) is 4. The number of nitrogens with two attached hydrogens (primary N) is 2. The van der Waals surface area contributed by atoms with Crippen molar-refractivity contribution in [1.82, 2.24) is 5.32 Å². The van der Waals surface area contributed by atoms with Gasteiger partial charge in [-0.05, 0) is 24.9 Å². The van der Waals surface area contributed by atoms with Gasteiger partial charge in [-0.15, -0.1) is 12.4 Å². The fraction of sp³-hybridized carbons (Fsp3) is 0.818. The molecule has 2 atom stereocenters. The molecule has 5 N–H and O–H groups in total. The highest BCUT2D eigenvalue weighted by molar-refractivity contribution is 7.98. The fourth-order valence-electron chi connectivity index (χ4n) is 1.36. The van der Waals surface area contributed by atoms with E-state index in [-0.39, 0.29) is 18.3 Å². The zero-order chi connectivity index (χ0) is 13.3. The van der Waals surface area contributed by atoms with E-state index in [1.807, 2.05) is 13.2 Å². The summed E-state index contributed by atoms with van der Waals surface area (Å²) in [5.74, 6) is -0.0172. The second-order valence-corrected chi connectivity index (χ2v) is 4.98. The van der Waals surface area contributed by atoms with Crippen LogP contribution < -0.4 is 16.8 Å². The molecule has 0 aromatic rings. The summed E-state index contributed by atoms with van der Waals surface area (Å²) in [5.41, 5.74) is 10.9. The van der Waals surface area contributed by atoms with Crippen molar-refractivity contribution in [2.24, 2.45) is 11.5 Å². The lowest BCUT2D eigenvalue weighted by Crippen LogP contribution is -2.50. The summed E-state index contributed by atoms with van der Waals surface area (Å²) in [6.45, 7) is 2.04. The molecule has 0 aliphatic carbocycles. The molecule has 0 aromatic carbocycles. The third-order valence-corrected chi connectivity index (χ3v) is 3.12. The number of hydrogen-bond donors (Lipinski definition) is 3. The van der Waals surface area contributed by atoms with Crippen molar-refractivity contribution >= 4 is 36.0 Å². The third-order valence-electron chi connectivity index (χ3n) is 2.48. The largest absolute Gasteiger partial charge is 0.368 e. The van der Waals surface area contributed by atoms with E-state index in [4.69, 9.17) is 11.5 Å². The summed E-state index contributed by atoms with van der Waals surface area (Å²) < 4.78 is 0. The maximum atomic E-state index is 11.7. The van der Waals surface area contributed by atoms with Gasteiger partial charge in [0.25, 0.3) is 0 Å². The van der Waals surface area contributed by atoms with Gasteiger partial charge in [-0.25, -0.2) is 0 Å². The Hall–Kier alpha value is -0.460. The SMILES string of the molecule is CCCCC(N)C(=O)NC(CCSC)C(N)=O.Cl. The minimum Gasteiger partial charge on any atom is -0.368 e. The molecular weight excluding hydrogens is 274 g/mol. The van der Waals surface area contributed by atoms with Crippen LogP contribution in [0.3, 0.4) is 0 Å². The standard InChI is InChI=1S/C11H23N3O2S.ClH/c1-3-4-5-8(12)11(16)14-9(10(13)15)6-7-17-2;/h8-9H,3-7,12H2,1-2H3,(H2,13,15)(H,14,16);1H. The molecular formula is C11H24ClN3O2S. The first-order valence-corrected chi connectivity index (χ1v) is 7.26. The van der Waals surface area contributed by atoms with Crippen molar-refractivity contribution in [1.29, 1.82) is 0 Å². The Morgan fingerprint density at radius 1 is 1.33 bits per heavy atom. The van der Waals surface area contributed by atoms with E-state index in [1.54, 1.807) is 11.8 Å². The van der Waals surface area contributed by atoms with Crippen LogP contribution in [0.2, 0.25) is 0 Å². The molecule has 5 nitrogen and oxygen atoms in total. The molecule has 0 spiro atoms. The molecule has 18 heavy (non-hydrogen) atoms. The molecule has 0 aliphatic heterocycles. The molecule has 0 rings (SSSR count). The van der Waals surface area contributed by atoms with Crippen LogP contribution in [0.5, 0.6) is 0 Å². The number of amides is 2. The second-order valence-electron chi connectivity index (χ2n) is 3.99. The highest BCUT2D eigenvalue weighted by atomic mass is 35.5. The monoisotopic (exact) mass is 297 g/mol. The third kappa shape index (κ3) is 8.60. The van der Waals surface area contributed by atoms with E-state index in [9.17, 15) is 9.59 Å². The highest BCUT2D eigenvalue weighted by Gasteiger charge is 2.20. The molecule has 2 unspecified atom stereocenters. The second kappa shape index (κ2) is 11.6. The molecule has 7 heteroatoms. The number of nitrogens with one attached hydrogen (secondary N) is 1. The van der Waals surface area contributed by atoms with Crippen molar-refractivity contribution in [3.05, 3.63) is 0 Å². The van der Waals surface area contributed by atoms with Gasteiger partial charge in [-0.2, -0.15) is 11.8 Å². The lowest BCUT2D eigenvalue weighted by Gasteiger charge is -2.18. The number of carbonyl (C=O) groups is 2. The minimum atomic E-state index is -0.609. The van der Waals surface area contributed by atoms with Gasteiger partial charge in [0.15, 0.2) is 0 Å². The fourth-order valence-corrected chi connectivity index (χ4v) is 1.83. The van der Waals surface area contributed by atoms with Gasteiger partial charge < -0.3 is 16.8 Å². The average molecular weight is 298 g/mol. The maximum Gasteiger partial charge on any atom is 0.240 e. The zero-order valence-corrected chi connectivity index (χ0v) is 12.6. The molecule has 0 heterocycles. The molecule has 0 saturated heterocycles. The number of carbonyl (C=O) groups excluding carboxylic acids is 2. The van der Waals surface area contributed by atoms with Gasteiger partial charge in [-0.1, -0.05) is 19.8 Å². The number of halogens is 1. The van der Waals surface area contributed by atoms with E-state index in [1.165, 1.54) is 0 Å². The minimum absolute atomic E-state index is 0. The molecule has 0 aliphatic rings. The number of rotatable bonds is 9. The Bertz CT molecular complexity index is 254. The first kappa shape index (κ1) is 19.9. The van der Waals surface area contributed by atoms with E-state index in [0.717, 1.165) is 18.6 Å². The Morgan fingerprint density at radius 3 is 2.39 bits per heavy atom. The molecule has 0 fully saturated rings. The summed E-state index contributed by atoms with van der Waals surface area (Å²) in [4.78, 5) is 22.8. The van der Waals surface area contributed by atoms with Crippen LogP contribution in [-0.4, -0.2) is 35.9 Å². The van der Waals surface area contributed by atoms with Gasteiger partial charge in [0.05, 0.1) is 6.04 Å². The van der Waals surface area contributed by atoms with Crippen LogP contribution in [0.4, 0.5) is 0 Å². The van der Waals surface area contributed by atoms with Crippen molar-refractivity contribution in [3.63, 3.8) is 0 Å². The lowest BCUT2D eigenvalue weighted by molar-refractivity contribution is -0.128. The van der Waals surface area contributed by atoms with Gasteiger partial charge in [-0.3, -0.25) is 9.59 Å². The number of primary amides is 1.